The molecule has 8 heteroatoms. The number of aromatic amines is 1. The minimum absolute atomic E-state index is 0.0461. The van der Waals surface area contributed by atoms with Gasteiger partial charge in [0.25, 0.3) is 5.91 Å². The molecule has 2 aromatic heterocycles. The van der Waals surface area contributed by atoms with Crippen LogP contribution in [0.15, 0.2) is 42.7 Å². The number of nitrogen functional groups attached to an aromatic ring is 1. The summed E-state index contributed by atoms with van der Waals surface area (Å²) in [5.74, 6) is 1.07. The van der Waals surface area contributed by atoms with Crippen molar-refractivity contribution in [2.45, 2.75) is 18.8 Å². The van der Waals surface area contributed by atoms with Crippen LogP contribution in [-0.4, -0.2) is 51.2 Å². The van der Waals surface area contributed by atoms with E-state index >= 15 is 0 Å². The third-order valence-corrected chi connectivity index (χ3v) is 5.06. The number of rotatable bonds is 4. The normalized spacial score (nSPS) is 16.8. The van der Waals surface area contributed by atoms with E-state index in [9.17, 15) is 4.79 Å². The first-order valence-corrected chi connectivity index (χ1v) is 9.21. The highest BCUT2D eigenvalue weighted by molar-refractivity contribution is 5.92. The zero-order valence-electron chi connectivity index (χ0n) is 15.6. The van der Waals surface area contributed by atoms with Crippen LogP contribution < -0.4 is 10.5 Å². The van der Waals surface area contributed by atoms with Gasteiger partial charge in [0.1, 0.15) is 11.4 Å². The van der Waals surface area contributed by atoms with Crippen molar-refractivity contribution in [3.8, 4) is 16.9 Å². The topological polar surface area (TPSA) is 110 Å². The molecule has 1 saturated heterocycles. The second-order valence-electron chi connectivity index (χ2n) is 6.82. The molecule has 144 valence electrons. The number of hydrogen-bond donors (Lipinski definition) is 2. The summed E-state index contributed by atoms with van der Waals surface area (Å²) >= 11 is 0. The quantitative estimate of drug-likeness (QED) is 0.722. The zero-order valence-corrected chi connectivity index (χ0v) is 15.6. The van der Waals surface area contributed by atoms with E-state index in [0.29, 0.717) is 18.8 Å². The van der Waals surface area contributed by atoms with Crippen LogP contribution in [-0.2, 0) is 0 Å². The van der Waals surface area contributed by atoms with Gasteiger partial charge in [-0.25, -0.2) is 9.97 Å². The van der Waals surface area contributed by atoms with E-state index in [0.717, 1.165) is 35.4 Å². The van der Waals surface area contributed by atoms with Crippen molar-refractivity contribution in [3.05, 3.63) is 54.1 Å². The number of H-pyrrole nitrogens is 1. The molecule has 8 nitrogen and oxygen atoms in total. The number of hydrogen-bond acceptors (Lipinski definition) is 6. The SMILES string of the molecule is COc1ccc(-c2cnc(N)nc2C2CCCN(C(=O)c3ccn[nH]3)C2)cc1. The number of piperidine rings is 1. The Bertz CT molecular complexity index is 955. The molecule has 0 aliphatic carbocycles. The number of carbonyl (C=O) groups is 1. The Morgan fingerprint density at radius 2 is 2.11 bits per heavy atom. The van der Waals surface area contributed by atoms with Crippen LogP contribution >= 0.6 is 0 Å². The fourth-order valence-corrected chi connectivity index (χ4v) is 3.64. The maximum absolute atomic E-state index is 12.7. The van der Waals surface area contributed by atoms with Gasteiger partial charge in [-0.2, -0.15) is 5.10 Å². The number of carbonyl (C=O) groups excluding carboxylic acids is 1. The van der Waals surface area contributed by atoms with Gasteiger partial charge in [0, 0.05) is 37.0 Å². The lowest BCUT2D eigenvalue weighted by atomic mass is 9.89. The van der Waals surface area contributed by atoms with E-state index < -0.39 is 0 Å². The van der Waals surface area contributed by atoms with Crippen molar-refractivity contribution >= 4 is 11.9 Å². The second-order valence-corrected chi connectivity index (χ2v) is 6.82. The zero-order chi connectivity index (χ0) is 19.5. The van der Waals surface area contributed by atoms with Gasteiger partial charge in [-0.1, -0.05) is 12.1 Å². The van der Waals surface area contributed by atoms with Crippen molar-refractivity contribution in [2.24, 2.45) is 0 Å². The average molecular weight is 378 g/mol. The van der Waals surface area contributed by atoms with Gasteiger partial charge in [-0.3, -0.25) is 9.89 Å². The molecule has 4 rings (SSSR count). The fourth-order valence-electron chi connectivity index (χ4n) is 3.64. The molecular weight excluding hydrogens is 356 g/mol. The van der Waals surface area contributed by atoms with Crippen LogP contribution in [0.25, 0.3) is 11.1 Å². The molecule has 0 saturated carbocycles. The van der Waals surface area contributed by atoms with E-state index in [1.807, 2.05) is 29.2 Å². The monoisotopic (exact) mass is 378 g/mol. The summed E-state index contributed by atoms with van der Waals surface area (Å²) < 4.78 is 5.24. The van der Waals surface area contributed by atoms with Crippen LogP contribution in [0.2, 0.25) is 0 Å². The highest BCUT2D eigenvalue weighted by atomic mass is 16.5. The molecule has 1 atom stereocenters. The molecule has 3 N–H and O–H groups in total. The summed E-state index contributed by atoms with van der Waals surface area (Å²) in [5.41, 5.74) is 9.19. The molecular formula is C20H22N6O2. The van der Waals surface area contributed by atoms with Gasteiger partial charge in [0.05, 0.1) is 12.8 Å². The van der Waals surface area contributed by atoms with Gasteiger partial charge in [-0.15, -0.1) is 0 Å². The molecule has 0 bridgehead atoms. The Balaban J connectivity index is 1.64. The summed E-state index contributed by atoms with van der Waals surface area (Å²) in [6.07, 6.45) is 5.18. The molecule has 1 amide bonds. The summed E-state index contributed by atoms with van der Waals surface area (Å²) in [6, 6.07) is 9.47. The van der Waals surface area contributed by atoms with Crippen LogP contribution in [0.3, 0.4) is 0 Å². The number of likely N-dealkylation sites (tertiary alicyclic amines) is 1. The second kappa shape index (κ2) is 7.67. The van der Waals surface area contributed by atoms with Crippen molar-refractivity contribution < 1.29 is 9.53 Å². The third kappa shape index (κ3) is 3.53. The lowest BCUT2D eigenvalue weighted by molar-refractivity contribution is 0.0700. The number of aromatic nitrogens is 4. The minimum atomic E-state index is -0.0461. The predicted molar refractivity (Wildman–Crippen MR) is 105 cm³/mol. The maximum Gasteiger partial charge on any atom is 0.271 e. The molecule has 0 radical (unpaired) electrons. The lowest BCUT2D eigenvalue weighted by Gasteiger charge is -2.33. The number of ether oxygens (including phenoxy) is 1. The van der Waals surface area contributed by atoms with Gasteiger partial charge < -0.3 is 15.4 Å². The Hall–Kier alpha value is -3.42. The molecule has 1 aromatic carbocycles. The Labute approximate surface area is 162 Å². The summed E-state index contributed by atoms with van der Waals surface area (Å²) in [7, 11) is 1.64. The Kier molecular flexibility index (Phi) is 4.92. The van der Waals surface area contributed by atoms with Gasteiger partial charge in [0.2, 0.25) is 5.95 Å². The predicted octanol–water partition coefficient (Wildman–Crippen LogP) is 2.48. The van der Waals surface area contributed by atoms with E-state index in [1.165, 1.54) is 0 Å². The number of amides is 1. The third-order valence-electron chi connectivity index (χ3n) is 5.06. The first-order valence-electron chi connectivity index (χ1n) is 9.21. The smallest absolute Gasteiger partial charge is 0.271 e. The number of benzene rings is 1. The van der Waals surface area contributed by atoms with Crippen LogP contribution in [0, 0.1) is 0 Å². The number of nitrogens with one attached hydrogen (secondary N) is 1. The fraction of sp³-hybridized carbons (Fsp3) is 0.300. The Morgan fingerprint density at radius 1 is 1.29 bits per heavy atom. The van der Waals surface area contributed by atoms with Gasteiger partial charge >= 0.3 is 0 Å². The number of methoxy groups -OCH3 is 1. The van der Waals surface area contributed by atoms with Crippen molar-refractivity contribution in [2.75, 3.05) is 25.9 Å². The molecule has 1 aliphatic rings. The number of anilines is 1. The molecule has 28 heavy (non-hydrogen) atoms. The highest BCUT2D eigenvalue weighted by Gasteiger charge is 2.29. The summed E-state index contributed by atoms with van der Waals surface area (Å²) in [4.78, 5) is 23.3. The first-order chi connectivity index (χ1) is 13.7. The van der Waals surface area contributed by atoms with Crippen molar-refractivity contribution in [1.29, 1.82) is 0 Å². The van der Waals surface area contributed by atoms with Gasteiger partial charge in [-0.05, 0) is 36.6 Å². The number of nitrogens with zero attached hydrogens (tertiary/aromatic N) is 4. The van der Waals surface area contributed by atoms with E-state index in [1.54, 1.807) is 25.6 Å². The molecule has 1 unspecified atom stereocenters. The highest BCUT2D eigenvalue weighted by Crippen LogP contribution is 2.34. The first kappa shape index (κ1) is 18.0. The van der Waals surface area contributed by atoms with E-state index in [-0.39, 0.29) is 17.8 Å². The van der Waals surface area contributed by atoms with E-state index in [2.05, 4.69) is 20.2 Å². The Morgan fingerprint density at radius 3 is 2.82 bits per heavy atom. The minimum Gasteiger partial charge on any atom is -0.497 e. The summed E-state index contributed by atoms with van der Waals surface area (Å²) in [6.45, 7) is 1.30. The number of nitrogens with two attached hydrogens (primary N) is 1. The average Bonchev–Trinajstić information content (AvgIpc) is 3.28. The van der Waals surface area contributed by atoms with Crippen molar-refractivity contribution in [3.63, 3.8) is 0 Å². The molecule has 1 aliphatic heterocycles. The molecule has 0 spiro atoms. The molecule has 1 fully saturated rings. The van der Waals surface area contributed by atoms with Crippen LogP contribution in [0.4, 0.5) is 5.95 Å². The summed E-state index contributed by atoms with van der Waals surface area (Å²) in [5, 5.41) is 6.62. The molecule has 3 aromatic rings. The standard InChI is InChI=1S/C20H22N6O2/c1-28-15-6-4-13(5-7-15)16-11-22-20(21)24-18(16)14-3-2-10-26(12-14)19(27)17-8-9-23-25-17/h4-9,11,14H,2-3,10,12H2,1H3,(H,23,25)(H2,21,22,24). The lowest BCUT2D eigenvalue weighted by Crippen LogP contribution is -2.39. The van der Waals surface area contributed by atoms with Gasteiger partial charge in [0.15, 0.2) is 0 Å². The molecule has 3 heterocycles. The largest absolute Gasteiger partial charge is 0.497 e. The van der Waals surface area contributed by atoms with E-state index in [4.69, 9.17) is 10.5 Å². The van der Waals surface area contributed by atoms with Crippen molar-refractivity contribution in [1.82, 2.24) is 25.1 Å². The van der Waals surface area contributed by atoms with Crippen LogP contribution in [0.1, 0.15) is 34.9 Å². The van der Waals surface area contributed by atoms with Crippen LogP contribution in [0.5, 0.6) is 5.75 Å². The maximum atomic E-state index is 12.7.